The molecule has 0 atom stereocenters. The van der Waals surface area contributed by atoms with Gasteiger partial charge in [-0.3, -0.25) is 10.1 Å². The Morgan fingerprint density at radius 2 is 2.25 bits per heavy atom. The molecule has 0 aliphatic heterocycles. The van der Waals surface area contributed by atoms with Crippen molar-refractivity contribution >= 4 is 22.4 Å². The van der Waals surface area contributed by atoms with Crippen molar-refractivity contribution in [3.8, 4) is 0 Å². The molecule has 110 valence electrons. The van der Waals surface area contributed by atoms with Gasteiger partial charge in [-0.2, -0.15) is 0 Å². The van der Waals surface area contributed by atoms with Crippen LogP contribution in [0.25, 0.3) is 6.08 Å². The fourth-order valence-corrected chi connectivity index (χ4v) is 3.46. The third-order valence-corrected chi connectivity index (χ3v) is 4.75. The topological polar surface area (TPSA) is 55.2 Å². The van der Waals surface area contributed by atoms with E-state index in [-0.39, 0.29) is 9.92 Å². The summed E-state index contributed by atoms with van der Waals surface area (Å²) in [7, 11) is 0. The maximum Gasteiger partial charge on any atom is 0.324 e. The largest absolute Gasteiger partial charge is 0.324 e. The number of hydrogen-bond acceptors (Lipinski definition) is 4. The van der Waals surface area contributed by atoms with Crippen molar-refractivity contribution in [1.29, 1.82) is 0 Å². The number of nitrogens with zero attached hydrogens (tertiary/aromatic N) is 1. The van der Waals surface area contributed by atoms with Crippen LogP contribution in [0.5, 0.6) is 0 Å². The van der Waals surface area contributed by atoms with Crippen LogP contribution in [-0.2, 0) is 0 Å². The highest BCUT2D eigenvalue weighted by molar-refractivity contribution is 7.13. The molecule has 1 aliphatic carbocycles. The molecule has 2 rings (SSSR count). The molecule has 4 nitrogen and oxygen atoms in total. The summed E-state index contributed by atoms with van der Waals surface area (Å²) in [6.07, 6.45) is 8.61. The molecule has 1 aromatic rings. The van der Waals surface area contributed by atoms with Crippen LogP contribution in [0.2, 0.25) is 0 Å². The Labute approximate surface area is 124 Å². The van der Waals surface area contributed by atoms with Gasteiger partial charge in [0.2, 0.25) is 0 Å². The van der Waals surface area contributed by atoms with Crippen molar-refractivity contribution in [2.45, 2.75) is 39.0 Å². The van der Waals surface area contributed by atoms with Gasteiger partial charge in [0, 0.05) is 18.0 Å². The number of hydrogen-bond donors (Lipinski definition) is 1. The van der Waals surface area contributed by atoms with Gasteiger partial charge in [0.15, 0.2) is 0 Å². The van der Waals surface area contributed by atoms with Gasteiger partial charge in [0.05, 0.1) is 4.92 Å². The first-order chi connectivity index (χ1) is 9.70. The maximum absolute atomic E-state index is 10.8. The van der Waals surface area contributed by atoms with Crippen molar-refractivity contribution in [3.05, 3.63) is 32.7 Å². The average molecular weight is 294 g/mol. The predicted molar refractivity (Wildman–Crippen MR) is 84.1 cm³/mol. The van der Waals surface area contributed by atoms with E-state index in [0.29, 0.717) is 5.92 Å². The normalized spacial score (nSPS) is 17.4. The van der Waals surface area contributed by atoms with E-state index in [1.54, 1.807) is 6.07 Å². The molecule has 1 fully saturated rings. The fraction of sp³-hybridized carbons (Fsp3) is 0.600. The van der Waals surface area contributed by atoms with Gasteiger partial charge in [0.1, 0.15) is 0 Å². The molecule has 0 spiro atoms. The summed E-state index contributed by atoms with van der Waals surface area (Å²) in [5.41, 5.74) is 2.37. The Hall–Kier alpha value is -1.20. The lowest BCUT2D eigenvalue weighted by molar-refractivity contribution is -0.380. The second kappa shape index (κ2) is 7.55. The number of likely N-dealkylation sites (N-methyl/N-ethyl adjacent to an activating group) is 1. The number of thiophene rings is 1. The minimum Gasteiger partial charge on any atom is -0.313 e. The lowest BCUT2D eigenvalue weighted by Gasteiger charge is -2.25. The van der Waals surface area contributed by atoms with E-state index in [9.17, 15) is 10.1 Å². The predicted octanol–water partition coefficient (Wildman–Crippen LogP) is 4.23. The Balaban J connectivity index is 2.14. The van der Waals surface area contributed by atoms with E-state index >= 15 is 0 Å². The van der Waals surface area contributed by atoms with E-state index < -0.39 is 0 Å². The zero-order chi connectivity index (χ0) is 14.4. The zero-order valence-corrected chi connectivity index (χ0v) is 12.7. The number of nitro groups is 1. The van der Waals surface area contributed by atoms with Gasteiger partial charge in [-0.1, -0.05) is 49.2 Å². The van der Waals surface area contributed by atoms with Crippen LogP contribution in [-0.4, -0.2) is 18.0 Å². The molecule has 0 unspecified atom stereocenters. The molecule has 20 heavy (non-hydrogen) atoms. The van der Waals surface area contributed by atoms with E-state index in [1.807, 2.05) is 5.38 Å². The number of nitrogens with one attached hydrogen (secondary N) is 1. The summed E-state index contributed by atoms with van der Waals surface area (Å²) < 4.78 is 0. The highest BCUT2D eigenvalue weighted by Crippen LogP contribution is 2.32. The van der Waals surface area contributed by atoms with Crippen LogP contribution in [0.4, 0.5) is 5.00 Å². The van der Waals surface area contributed by atoms with E-state index in [2.05, 4.69) is 18.3 Å². The molecule has 1 aromatic heterocycles. The third kappa shape index (κ3) is 4.15. The number of rotatable bonds is 6. The monoisotopic (exact) mass is 294 g/mol. The van der Waals surface area contributed by atoms with Gasteiger partial charge >= 0.3 is 5.00 Å². The molecule has 0 radical (unpaired) electrons. The van der Waals surface area contributed by atoms with Crippen LogP contribution < -0.4 is 5.32 Å². The van der Waals surface area contributed by atoms with Gasteiger partial charge < -0.3 is 5.32 Å². The molecule has 1 aliphatic rings. The van der Waals surface area contributed by atoms with Gasteiger partial charge in [0.25, 0.3) is 0 Å². The fourth-order valence-electron chi connectivity index (χ4n) is 2.78. The highest BCUT2D eigenvalue weighted by Gasteiger charge is 2.18. The molecule has 1 N–H and O–H groups in total. The maximum atomic E-state index is 10.8. The Bertz CT molecular complexity index is 476. The van der Waals surface area contributed by atoms with Crippen molar-refractivity contribution in [2.75, 3.05) is 13.1 Å². The second-order valence-electron chi connectivity index (χ2n) is 5.31. The van der Waals surface area contributed by atoms with Crippen LogP contribution in [0.1, 0.15) is 44.6 Å². The summed E-state index contributed by atoms with van der Waals surface area (Å²) >= 11 is 1.21. The van der Waals surface area contributed by atoms with Crippen molar-refractivity contribution in [3.63, 3.8) is 0 Å². The zero-order valence-electron chi connectivity index (χ0n) is 11.9. The van der Waals surface area contributed by atoms with Crippen molar-refractivity contribution in [2.24, 2.45) is 5.92 Å². The summed E-state index contributed by atoms with van der Waals surface area (Å²) in [5.74, 6) is 0.641. The molecule has 5 heteroatoms. The van der Waals surface area contributed by atoms with E-state index in [1.165, 1.54) is 49.0 Å². The Morgan fingerprint density at radius 1 is 1.50 bits per heavy atom. The summed E-state index contributed by atoms with van der Waals surface area (Å²) in [6, 6.07) is 1.68. The molecular formula is C15H22N2O2S. The first kappa shape index (κ1) is 15.2. The van der Waals surface area contributed by atoms with Crippen LogP contribution >= 0.6 is 11.3 Å². The first-order valence-electron chi connectivity index (χ1n) is 7.34. The van der Waals surface area contributed by atoms with Gasteiger partial charge in [-0.25, -0.2) is 0 Å². The SMILES string of the molecule is CCNCC(=Cc1csc([N+](=O)[O-])c1)C1CCCCC1. The third-order valence-electron chi connectivity index (χ3n) is 3.85. The molecular weight excluding hydrogens is 272 g/mol. The molecule has 1 heterocycles. The lowest BCUT2D eigenvalue weighted by atomic mass is 9.83. The molecule has 0 aromatic carbocycles. The minimum absolute atomic E-state index is 0.225. The second-order valence-corrected chi connectivity index (χ2v) is 6.20. The standard InChI is InChI=1S/C15H22N2O2S/c1-2-16-10-14(13-6-4-3-5-7-13)8-12-9-15(17(18)19)20-11-12/h8-9,11,13,16H,2-7,10H2,1H3. The smallest absolute Gasteiger partial charge is 0.313 e. The van der Waals surface area contributed by atoms with Crippen LogP contribution in [0, 0.1) is 16.0 Å². The quantitative estimate of drug-likeness (QED) is 0.631. The Kier molecular flexibility index (Phi) is 5.73. The van der Waals surface area contributed by atoms with E-state index in [4.69, 9.17) is 0 Å². The highest BCUT2D eigenvalue weighted by atomic mass is 32.1. The molecule has 0 saturated heterocycles. The summed E-state index contributed by atoms with van der Waals surface area (Å²) in [4.78, 5) is 10.4. The lowest BCUT2D eigenvalue weighted by Crippen LogP contribution is -2.22. The van der Waals surface area contributed by atoms with Gasteiger partial charge in [-0.05, 0) is 30.9 Å². The van der Waals surface area contributed by atoms with Crippen LogP contribution in [0.15, 0.2) is 17.0 Å². The molecule has 0 bridgehead atoms. The minimum atomic E-state index is -0.313. The van der Waals surface area contributed by atoms with Crippen molar-refractivity contribution in [1.82, 2.24) is 5.32 Å². The summed E-state index contributed by atoms with van der Waals surface area (Å²) in [5, 5.41) is 16.3. The molecule has 1 saturated carbocycles. The average Bonchev–Trinajstić information content (AvgIpc) is 2.93. The first-order valence-corrected chi connectivity index (χ1v) is 8.22. The van der Waals surface area contributed by atoms with Crippen molar-refractivity contribution < 1.29 is 4.92 Å². The van der Waals surface area contributed by atoms with E-state index in [0.717, 1.165) is 18.7 Å². The van der Waals surface area contributed by atoms with Crippen LogP contribution in [0.3, 0.4) is 0 Å². The Morgan fingerprint density at radius 3 is 2.85 bits per heavy atom. The van der Waals surface area contributed by atoms with Gasteiger partial charge in [-0.15, -0.1) is 0 Å². The summed E-state index contributed by atoms with van der Waals surface area (Å²) in [6.45, 7) is 3.95. The molecule has 0 amide bonds.